The van der Waals surface area contributed by atoms with Crippen molar-refractivity contribution in [2.24, 2.45) is 0 Å². The smallest absolute Gasteiger partial charge is 0.358 e. The number of rotatable bonds is 6. The quantitative estimate of drug-likeness (QED) is 0.548. The third-order valence-corrected chi connectivity index (χ3v) is 3.53. The normalized spacial score (nSPS) is 10.4. The van der Waals surface area contributed by atoms with E-state index in [0.29, 0.717) is 25.4 Å². The molecule has 0 fully saturated rings. The number of ether oxygens (including phenoxy) is 2. The topological polar surface area (TPSA) is 92.7 Å². The zero-order chi connectivity index (χ0) is 17.6. The average molecular weight is 337 g/mol. The minimum Gasteiger partial charge on any atom is -0.506 e. The molecule has 25 heavy (non-hydrogen) atoms. The van der Waals surface area contributed by atoms with Gasteiger partial charge in [-0.05, 0) is 24.3 Å². The maximum Gasteiger partial charge on any atom is 0.358 e. The van der Waals surface area contributed by atoms with Crippen LogP contribution in [0.4, 0.5) is 0 Å². The van der Waals surface area contributed by atoms with Gasteiger partial charge in [0.2, 0.25) is 0 Å². The molecule has 0 saturated carbocycles. The van der Waals surface area contributed by atoms with Crippen molar-refractivity contribution in [2.45, 2.75) is 6.42 Å². The third-order valence-electron chi connectivity index (χ3n) is 3.53. The molecule has 0 aliphatic rings. The van der Waals surface area contributed by atoms with Crippen molar-refractivity contribution in [3.63, 3.8) is 0 Å². The van der Waals surface area contributed by atoms with Gasteiger partial charge in [-0.25, -0.2) is 4.79 Å². The second-order valence-corrected chi connectivity index (χ2v) is 5.25. The molecule has 0 atom stereocenters. The van der Waals surface area contributed by atoms with Gasteiger partial charge in [0, 0.05) is 12.5 Å². The van der Waals surface area contributed by atoms with Crippen molar-refractivity contribution < 1.29 is 19.0 Å². The summed E-state index contributed by atoms with van der Waals surface area (Å²) in [7, 11) is 0. The van der Waals surface area contributed by atoms with Crippen molar-refractivity contribution in [1.82, 2.24) is 0 Å². The second-order valence-electron chi connectivity index (χ2n) is 5.25. The summed E-state index contributed by atoms with van der Waals surface area (Å²) in [5.74, 6) is 0.926. The molecule has 0 aliphatic carbocycles. The number of para-hydroxylation sites is 1. The fraction of sp³-hybridized carbons (Fsp3) is 0.158. The number of fused-ring (bicyclic) bond motifs is 1. The highest BCUT2D eigenvalue weighted by Gasteiger charge is 2.13. The van der Waals surface area contributed by atoms with E-state index in [1.165, 1.54) is 6.07 Å². The van der Waals surface area contributed by atoms with E-state index in [0.717, 1.165) is 5.75 Å². The second kappa shape index (κ2) is 7.41. The fourth-order valence-corrected chi connectivity index (χ4v) is 2.31. The van der Waals surface area contributed by atoms with Crippen LogP contribution in [0.1, 0.15) is 12.0 Å². The van der Waals surface area contributed by atoms with Crippen LogP contribution in [0.2, 0.25) is 0 Å². The van der Waals surface area contributed by atoms with E-state index in [1.807, 2.05) is 30.3 Å². The van der Waals surface area contributed by atoms with Gasteiger partial charge in [-0.15, -0.1) is 0 Å². The first-order chi connectivity index (χ1) is 12.2. The molecule has 126 valence electrons. The van der Waals surface area contributed by atoms with Gasteiger partial charge in [-0.2, -0.15) is 5.26 Å². The number of hydrogen-bond acceptors (Lipinski definition) is 6. The molecule has 0 spiro atoms. The van der Waals surface area contributed by atoms with Crippen molar-refractivity contribution in [1.29, 1.82) is 5.26 Å². The third kappa shape index (κ3) is 3.72. The van der Waals surface area contributed by atoms with Crippen molar-refractivity contribution in [2.75, 3.05) is 13.2 Å². The molecule has 0 saturated heterocycles. The first-order valence-electron chi connectivity index (χ1n) is 7.69. The van der Waals surface area contributed by atoms with Gasteiger partial charge in [-0.1, -0.05) is 18.2 Å². The lowest BCUT2D eigenvalue weighted by atomic mass is 10.1. The van der Waals surface area contributed by atoms with Crippen molar-refractivity contribution in [3.05, 3.63) is 64.5 Å². The molecule has 1 aromatic heterocycles. The van der Waals surface area contributed by atoms with Crippen molar-refractivity contribution in [3.8, 4) is 23.3 Å². The Bertz CT molecular complexity index is 973. The maximum atomic E-state index is 11.6. The summed E-state index contributed by atoms with van der Waals surface area (Å²) >= 11 is 0. The molecule has 0 radical (unpaired) electrons. The largest absolute Gasteiger partial charge is 0.506 e. The SMILES string of the molecule is N#Cc1c(O)c2ccc(OCCCOc3ccccc3)cc2oc1=O. The molecular formula is C19H15NO5. The highest BCUT2D eigenvalue weighted by Crippen LogP contribution is 2.28. The van der Waals surface area contributed by atoms with Crippen LogP contribution in [-0.4, -0.2) is 18.3 Å². The Morgan fingerprint density at radius 2 is 1.76 bits per heavy atom. The van der Waals surface area contributed by atoms with Gasteiger partial charge in [0.15, 0.2) is 11.3 Å². The summed E-state index contributed by atoms with van der Waals surface area (Å²) in [5, 5.41) is 19.1. The molecule has 3 rings (SSSR count). The summed E-state index contributed by atoms with van der Waals surface area (Å²) in [4.78, 5) is 11.6. The maximum absolute atomic E-state index is 11.6. The number of nitriles is 1. The average Bonchev–Trinajstić information content (AvgIpc) is 2.62. The summed E-state index contributed by atoms with van der Waals surface area (Å²) < 4.78 is 16.2. The Morgan fingerprint density at radius 3 is 2.48 bits per heavy atom. The number of aromatic hydroxyl groups is 1. The minimum absolute atomic E-state index is 0.166. The Labute approximate surface area is 143 Å². The van der Waals surface area contributed by atoms with E-state index in [-0.39, 0.29) is 16.7 Å². The molecule has 1 N–H and O–H groups in total. The molecule has 0 aliphatic heterocycles. The van der Waals surface area contributed by atoms with Gasteiger partial charge in [0.05, 0.1) is 18.6 Å². The van der Waals surface area contributed by atoms with Crippen LogP contribution in [-0.2, 0) is 0 Å². The number of hydrogen-bond donors (Lipinski definition) is 1. The van der Waals surface area contributed by atoms with Crippen LogP contribution in [0, 0.1) is 11.3 Å². The van der Waals surface area contributed by atoms with Crippen LogP contribution in [0.15, 0.2) is 57.7 Å². The van der Waals surface area contributed by atoms with Gasteiger partial charge in [0.1, 0.15) is 23.2 Å². The first-order valence-corrected chi connectivity index (χ1v) is 7.69. The fourth-order valence-electron chi connectivity index (χ4n) is 2.31. The molecule has 2 aromatic carbocycles. The predicted octanol–water partition coefficient (Wildman–Crippen LogP) is 3.22. The first kappa shape index (κ1) is 16.4. The van der Waals surface area contributed by atoms with Gasteiger partial charge in [0.25, 0.3) is 0 Å². The van der Waals surface area contributed by atoms with E-state index in [4.69, 9.17) is 19.2 Å². The summed E-state index contributed by atoms with van der Waals surface area (Å²) in [6.07, 6.45) is 0.676. The number of nitrogens with zero attached hydrogens (tertiary/aromatic N) is 1. The lowest BCUT2D eigenvalue weighted by Gasteiger charge is -2.09. The minimum atomic E-state index is -0.874. The zero-order valence-electron chi connectivity index (χ0n) is 13.3. The molecule has 3 aromatic rings. The number of benzene rings is 2. The molecular weight excluding hydrogens is 322 g/mol. The van der Waals surface area contributed by atoms with E-state index in [9.17, 15) is 9.90 Å². The molecule has 6 nitrogen and oxygen atoms in total. The zero-order valence-corrected chi connectivity index (χ0v) is 13.3. The summed E-state index contributed by atoms with van der Waals surface area (Å²) in [5.41, 5.74) is -1.11. The van der Waals surface area contributed by atoms with Gasteiger partial charge >= 0.3 is 5.63 Å². The van der Waals surface area contributed by atoms with Crippen molar-refractivity contribution >= 4 is 11.0 Å². The van der Waals surface area contributed by atoms with Crippen LogP contribution >= 0.6 is 0 Å². The van der Waals surface area contributed by atoms with E-state index < -0.39 is 11.2 Å². The molecule has 1 heterocycles. The lowest BCUT2D eigenvalue weighted by Crippen LogP contribution is -2.06. The molecule has 0 unspecified atom stereocenters. The Kier molecular flexibility index (Phi) is 4.86. The predicted molar refractivity (Wildman–Crippen MR) is 90.9 cm³/mol. The Balaban J connectivity index is 1.61. The molecule has 6 heteroatoms. The molecule has 0 amide bonds. The standard InChI is InChI=1S/C19H15NO5/c20-12-16-18(21)15-8-7-14(11-17(15)25-19(16)22)24-10-4-9-23-13-5-2-1-3-6-13/h1-3,5-8,11,21H,4,9-10H2. The van der Waals surface area contributed by atoms with E-state index in [1.54, 1.807) is 18.2 Å². The monoisotopic (exact) mass is 337 g/mol. The van der Waals surface area contributed by atoms with E-state index >= 15 is 0 Å². The van der Waals surface area contributed by atoms with Gasteiger partial charge in [-0.3, -0.25) is 0 Å². The van der Waals surface area contributed by atoms with E-state index in [2.05, 4.69) is 0 Å². The highest BCUT2D eigenvalue weighted by molar-refractivity contribution is 5.86. The highest BCUT2D eigenvalue weighted by atomic mass is 16.5. The molecule has 0 bridgehead atoms. The lowest BCUT2D eigenvalue weighted by molar-refractivity contribution is 0.247. The van der Waals surface area contributed by atoms with Crippen LogP contribution < -0.4 is 15.1 Å². The summed E-state index contributed by atoms with van der Waals surface area (Å²) in [6.45, 7) is 0.934. The van der Waals surface area contributed by atoms with Crippen LogP contribution in [0.3, 0.4) is 0 Å². The Morgan fingerprint density at radius 1 is 1.04 bits per heavy atom. The van der Waals surface area contributed by atoms with Crippen LogP contribution in [0.25, 0.3) is 11.0 Å². The van der Waals surface area contributed by atoms with Crippen LogP contribution in [0.5, 0.6) is 17.2 Å². The Hall–Kier alpha value is -3.46. The summed E-state index contributed by atoms with van der Waals surface area (Å²) in [6, 6.07) is 15.8. The van der Waals surface area contributed by atoms with Gasteiger partial charge < -0.3 is 19.0 Å².